The quantitative estimate of drug-likeness (QED) is 0.177. The number of hydrogen-bond acceptors (Lipinski definition) is 13. The summed E-state index contributed by atoms with van der Waals surface area (Å²) in [6.07, 6.45) is -13.7. The maximum atomic E-state index is 11.9. The lowest BCUT2D eigenvalue weighted by Gasteiger charge is -2.47. The van der Waals surface area contributed by atoms with E-state index in [0.29, 0.717) is 10.9 Å². The van der Waals surface area contributed by atoms with Crippen LogP contribution < -0.4 is 15.7 Å². The molecule has 6 unspecified atom stereocenters. The second-order valence-corrected chi connectivity index (χ2v) is 9.26. The summed E-state index contributed by atoms with van der Waals surface area (Å²) >= 11 is 0. The Bertz CT molecular complexity index is 1190. The van der Waals surface area contributed by atoms with Gasteiger partial charge >= 0.3 is 5.63 Å². The molecule has 2 aliphatic heterocycles. The highest BCUT2D eigenvalue weighted by atomic mass is 16.7. The van der Waals surface area contributed by atoms with Crippen LogP contribution in [0.5, 0.6) is 5.75 Å². The van der Waals surface area contributed by atoms with Crippen molar-refractivity contribution >= 4 is 16.9 Å². The molecule has 7 N–H and O–H groups in total. The van der Waals surface area contributed by atoms with E-state index in [1.165, 1.54) is 19.1 Å². The van der Waals surface area contributed by atoms with Crippen LogP contribution in [0.3, 0.4) is 0 Å². The van der Waals surface area contributed by atoms with Crippen molar-refractivity contribution in [1.82, 2.24) is 5.32 Å². The van der Waals surface area contributed by atoms with Crippen molar-refractivity contribution in [2.24, 2.45) is 0 Å². The molecule has 1 amide bonds. The number of hydrogen-bond donors (Lipinski definition) is 7. The molecule has 0 spiro atoms. The first-order valence-electron chi connectivity index (χ1n) is 11.9. The van der Waals surface area contributed by atoms with Crippen molar-refractivity contribution in [1.29, 1.82) is 0 Å². The topological polar surface area (TPSA) is 218 Å². The van der Waals surface area contributed by atoms with Crippen LogP contribution in [0.2, 0.25) is 0 Å². The van der Waals surface area contributed by atoms with Crippen molar-refractivity contribution in [3.63, 3.8) is 0 Å². The molecule has 10 atom stereocenters. The Kier molecular flexibility index (Phi) is 8.66. The van der Waals surface area contributed by atoms with E-state index in [-0.39, 0.29) is 11.3 Å². The van der Waals surface area contributed by atoms with Gasteiger partial charge in [0.1, 0.15) is 60.1 Å². The Morgan fingerprint density at radius 3 is 2.29 bits per heavy atom. The molecule has 0 aliphatic carbocycles. The van der Waals surface area contributed by atoms with Crippen LogP contribution in [0, 0.1) is 6.92 Å². The third-order valence-corrected chi connectivity index (χ3v) is 6.54. The van der Waals surface area contributed by atoms with Crippen molar-refractivity contribution in [2.45, 2.75) is 75.2 Å². The van der Waals surface area contributed by atoms with Gasteiger partial charge in [-0.2, -0.15) is 0 Å². The molecule has 14 nitrogen and oxygen atoms in total. The standard InChI is InChI=1S/C24H31NO13/c1-9-5-16(29)35-13-6-11(3-4-12(9)13)34-23-17(25-10(2)28)19(31)22(15(8-27)37-23)38-24-21(33)20(32)18(30)14(7-26)36-24/h3-6,14-15,17-24,26-27,30-33H,7-8H2,1-2H3,(H,25,28)/t14?,15?,17?,18-,19?,20?,21?,22+,23+,24-/m0/s1. The van der Waals surface area contributed by atoms with E-state index in [2.05, 4.69) is 5.32 Å². The van der Waals surface area contributed by atoms with Gasteiger partial charge in [0.05, 0.1) is 13.2 Å². The number of rotatable bonds is 7. The van der Waals surface area contributed by atoms with Gasteiger partial charge in [-0.1, -0.05) is 0 Å². The first-order chi connectivity index (χ1) is 18.0. The second-order valence-electron chi connectivity index (χ2n) is 9.26. The number of aliphatic hydroxyl groups is 6. The van der Waals surface area contributed by atoms with Crippen molar-refractivity contribution in [3.8, 4) is 5.75 Å². The van der Waals surface area contributed by atoms with Gasteiger partial charge in [0.25, 0.3) is 0 Å². The van der Waals surface area contributed by atoms with Gasteiger partial charge in [-0.05, 0) is 24.6 Å². The second kappa shape index (κ2) is 11.6. The number of aliphatic hydroxyl groups excluding tert-OH is 6. The van der Waals surface area contributed by atoms with E-state index in [4.69, 9.17) is 23.4 Å². The number of amides is 1. The lowest BCUT2D eigenvalue weighted by molar-refractivity contribution is -0.343. The minimum atomic E-state index is -1.77. The minimum absolute atomic E-state index is 0.170. The average Bonchev–Trinajstić information content (AvgIpc) is 2.87. The molecule has 4 rings (SSSR count). The number of nitrogens with one attached hydrogen (secondary N) is 1. The zero-order valence-electron chi connectivity index (χ0n) is 20.5. The van der Waals surface area contributed by atoms with Crippen LogP contribution >= 0.6 is 0 Å². The van der Waals surface area contributed by atoms with Crippen LogP contribution in [0.15, 0.2) is 33.5 Å². The predicted molar refractivity (Wildman–Crippen MR) is 126 cm³/mol. The number of carbonyl (C=O) groups is 1. The third-order valence-electron chi connectivity index (χ3n) is 6.54. The lowest BCUT2D eigenvalue weighted by atomic mass is 9.95. The van der Waals surface area contributed by atoms with Gasteiger partial charge in [-0.25, -0.2) is 4.79 Å². The minimum Gasteiger partial charge on any atom is -0.462 e. The normalized spacial score (nSPS) is 35.7. The molecule has 2 aromatic rings. The third kappa shape index (κ3) is 5.68. The molecule has 0 bridgehead atoms. The Morgan fingerprint density at radius 2 is 1.63 bits per heavy atom. The van der Waals surface area contributed by atoms with Gasteiger partial charge in [0.15, 0.2) is 6.29 Å². The van der Waals surface area contributed by atoms with Crippen molar-refractivity contribution in [3.05, 3.63) is 40.2 Å². The number of aryl methyl sites for hydroxylation is 1. The molecule has 2 aliphatic rings. The Hall–Kier alpha value is -2.66. The Morgan fingerprint density at radius 1 is 0.947 bits per heavy atom. The Labute approximate surface area is 215 Å². The molecule has 1 aromatic heterocycles. The average molecular weight is 542 g/mol. The monoisotopic (exact) mass is 541 g/mol. The molecule has 2 saturated heterocycles. The highest BCUT2D eigenvalue weighted by Gasteiger charge is 2.51. The fourth-order valence-electron chi connectivity index (χ4n) is 4.57. The van der Waals surface area contributed by atoms with E-state index in [1.54, 1.807) is 19.1 Å². The van der Waals surface area contributed by atoms with E-state index in [0.717, 1.165) is 0 Å². The maximum absolute atomic E-state index is 11.9. The molecule has 38 heavy (non-hydrogen) atoms. The summed E-state index contributed by atoms with van der Waals surface area (Å²) in [5.41, 5.74) is 0.375. The van der Waals surface area contributed by atoms with Gasteiger partial charge in [0.2, 0.25) is 12.2 Å². The first kappa shape index (κ1) is 28.4. The summed E-state index contributed by atoms with van der Waals surface area (Å²) in [5.74, 6) is -0.385. The predicted octanol–water partition coefficient (Wildman–Crippen LogP) is -2.75. The van der Waals surface area contributed by atoms with Crippen LogP contribution in [-0.4, -0.2) is 111 Å². The number of carbonyl (C=O) groups excluding carboxylic acids is 1. The zero-order valence-corrected chi connectivity index (χ0v) is 20.5. The van der Waals surface area contributed by atoms with Crippen LogP contribution in [0.1, 0.15) is 12.5 Å². The smallest absolute Gasteiger partial charge is 0.336 e. The molecule has 210 valence electrons. The van der Waals surface area contributed by atoms with E-state index in [1.807, 2.05) is 0 Å². The van der Waals surface area contributed by atoms with Gasteiger partial charge in [-0.15, -0.1) is 0 Å². The highest BCUT2D eigenvalue weighted by Crippen LogP contribution is 2.31. The molecule has 1 aromatic carbocycles. The van der Waals surface area contributed by atoms with Crippen molar-refractivity contribution in [2.75, 3.05) is 13.2 Å². The van der Waals surface area contributed by atoms with Crippen LogP contribution in [-0.2, 0) is 19.0 Å². The summed E-state index contributed by atoms with van der Waals surface area (Å²) in [5, 5.41) is 64.1. The molecule has 0 radical (unpaired) electrons. The fourth-order valence-corrected chi connectivity index (χ4v) is 4.57. The molecular weight excluding hydrogens is 510 g/mol. The number of ether oxygens (including phenoxy) is 4. The highest BCUT2D eigenvalue weighted by molar-refractivity contribution is 5.81. The maximum Gasteiger partial charge on any atom is 0.336 e. The molecule has 14 heteroatoms. The van der Waals surface area contributed by atoms with E-state index in [9.17, 15) is 40.2 Å². The SMILES string of the molecule is CC(=O)NC1C(O)[C@H](O[C@@H]2OC(CO)[C@H](O)C(O)C2O)C(CO)O[C@H]1Oc1ccc2c(C)cc(=O)oc2c1. The summed E-state index contributed by atoms with van der Waals surface area (Å²) in [4.78, 5) is 23.7. The van der Waals surface area contributed by atoms with Crippen molar-refractivity contribution < 1.29 is 58.8 Å². The largest absolute Gasteiger partial charge is 0.462 e. The summed E-state index contributed by atoms with van der Waals surface area (Å²) in [7, 11) is 0. The fraction of sp³-hybridized carbons (Fsp3) is 0.583. The molecular formula is C24H31NO13. The molecule has 2 fully saturated rings. The van der Waals surface area contributed by atoms with Gasteiger partial charge < -0.3 is 59.3 Å². The van der Waals surface area contributed by atoms with Crippen LogP contribution in [0.25, 0.3) is 11.0 Å². The van der Waals surface area contributed by atoms with E-state index < -0.39 is 86.1 Å². The summed E-state index contributed by atoms with van der Waals surface area (Å²) in [6, 6.07) is 4.75. The van der Waals surface area contributed by atoms with Gasteiger partial charge in [0, 0.05) is 24.4 Å². The van der Waals surface area contributed by atoms with E-state index >= 15 is 0 Å². The first-order valence-corrected chi connectivity index (χ1v) is 11.9. The molecule has 3 heterocycles. The summed E-state index contributed by atoms with van der Waals surface area (Å²) in [6.45, 7) is 1.54. The number of benzene rings is 1. The Balaban J connectivity index is 1.58. The number of fused-ring (bicyclic) bond motifs is 1. The zero-order chi connectivity index (χ0) is 27.7. The van der Waals surface area contributed by atoms with Crippen LogP contribution in [0.4, 0.5) is 0 Å². The summed E-state index contributed by atoms with van der Waals surface area (Å²) < 4.78 is 27.9. The lowest BCUT2D eigenvalue weighted by Crippen LogP contribution is -2.68. The molecule has 0 saturated carbocycles. The van der Waals surface area contributed by atoms with Gasteiger partial charge in [-0.3, -0.25) is 4.79 Å².